The van der Waals surface area contributed by atoms with Gasteiger partial charge in [-0.1, -0.05) is 42.0 Å². The van der Waals surface area contributed by atoms with Crippen molar-refractivity contribution in [1.29, 1.82) is 0 Å². The molecule has 0 spiro atoms. The Labute approximate surface area is 197 Å². The molecule has 2 bridgehead atoms. The van der Waals surface area contributed by atoms with Crippen LogP contribution < -0.4 is 20.3 Å². The van der Waals surface area contributed by atoms with Crippen molar-refractivity contribution in [1.82, 2.24) is 5.32 Å². The van der Waals surface area contributed by atoms with Crippen molar-refractivity contribution in [3.63, 3.8) is 0 Å². The lowest BCUT2D eigenvalue weighted by Gasteiger charge is -2.56. The first-order valence-electron chi connectivity index (χ1n) is 10.8. The molecule has 0 radical (unpaired) electrons. The van der Waals surface area contributed by atoms with E-state index in [4.69, 9.17) is 17.0 Å². The zero-order chi connectivity index (χ0) is 23.3. The predicted molar refractivity (Wildman–Crippen MR) is 131 cm³/mol. The van der Waals surface area contributed by atoms with E-state index in [1.807, 2.05) is 63.2 Å². The molecule has 168 valence electrons. The van der Waals surface area contributed by atoms with E-state index in [1.54, 1.807) is 17.0 Å². The number of amides is 1. The molecule has 2 heterocycles. The van der Waals surface area contributed by atoms with Crippen LogP contribution in [-0.4, -0.2) is 16.7 Å². The van der Waals surface area contributed by atoms with Gasteiger partial charge in [-0.15, -0.1) is 0 Å². The molecule has 33 heavy (non-hydrogen) atoms. The van der Waals surface area contributed by atoms with Crippen molar-refractivity contribution in [2.45, 2.75) is 32.5 Å². The fourth-order valence-electron chi connectivity index (χ4n) is 4.90. The molecule has 2 aliphatic rings. The number of halogens is 1. The van der Waals surface area contributed by atoms with E-state index in [1.165, 1.54) is 12.1 Å². The number of para-hydroxylation sites is 1. The van der Waals surface area contributed by atoms with Gasteiger partial charge in [0.1, 0.15) is 17.5 Å². The smallest absolute Gasteiger partial charge is 0.236 e. The minimum atomic E-state index is -1.18. The van der Waals surface area contributed by atoms with E-state index < -0.39 is 23.5 Å². The molecule has 3 atom stereocenters. The predicted octanol–water partition coefficient (Wildman–Crippen LogP) is 5.24. The average Bonchev–Trinajstić information content (AvgIpc) is 2.75. The quantitative estimate of drug-likeness (QED) is 0.523. The Morgan fingerprint density at radius 1 is 1.12 bits per heavy atom. The number of fused-ring (bicyclic) bond motifs is 4. The summed E-state index contributed by atoms with van der Waals surface area (Å²) in [4.78, 5) is 15.5. The van der Waals surface area contributed by atoms with Crippen molar-refractivity contribution in [3.8, 4) is 5.75 Å². The molecule has 2 aliphatic heterocycles. The number of anilines is 2. The number of carbonyl (C=O) groups is 1. The molecule has 2 N–H and O–H groups in total. The Balaban J connectivity index is 1.62. The van der Waals surface area contributed by atoms with Crippen LogP contribution in [0.5, 0.6) is 5.75 Å². The highest BCUT2D eigenvalue weighted by Gasteiger charge is 2.59. The second kappa shape index (κ2) is 7.85. The number of carbonyl (C=O) groups excluding carboxylic acids is 1. The van der Waals surface area contributed by atoms with Crippen molar-refractivity contribution in [2.75, 3.05) is 10.2 Å². The van der Waals surface area contributed by atoms with Crippen molar-refractivity contribution in [3.05, 3.63) is 89.2 Å². The third-order valence-electron chi connectivity index (χ3n) is 6.40. The first-order chi connectivity index (χ1) is 15.8. The van der Waals surface area contributed by atoms with Gasteiger partial charge in [0.05, 0.1) is 6.04 Å². The molecule has 5 nitrogen and oxygen atoms in total. The first-order valence-corrected chi connectivity index (χ1v) is 11.2. The van der Waals surface area contributed by atoms with Crippen LogP contribution in [0, 0.1) is 25.6 Å². The van der Waals surface area contributed by atoms with Gasteiger partial charge in [-0.05, 0) is 68.9 Å². The van der Waals surface area contributed by atoms with E-state index >= 15 is 0 Å². The molecule has 0 aromatic heterocycles. The Morgan fingerprint density at radius 3 is 2.67 bits per heavy atom. The van der Waals surface area contributed by atoms with Gasteiger partial charge in [0.25, 0.3) is 0 Å². The second-order valence-electron chi connectivity index (χ2n) is 8.72. The number of nitrogens with zero attached hydrogens (tertiary/aromatic N) is 1. The third kappa shape index (κ3) is 3.53. The minimum absolute atomic E-state index is 0.208. The minimum Gasteiger partial charge on any atom is -0.467 e. The maximum absolute atomic E-state index is 14.1. The van der Waals surface area contributed by atoms with Crippen LogP contribution in [0.2, 0.25) is 0 Å². The molecular weight excluding hydrogens is 437 g/mol. The normalized spacial score (nSPS) is 23.3. The van der Waals surface area contributed by atoms with Crippen LogP contribution in [0.4, 0.5) is 15.8 Å². The van der Waals surface area contributed by atoms with E-state index in [0.29, 0.717) is 16.5 Å². The number of nitrogens with one attached hydrogen (secondary N) is 2. The summed E-state index contributed by atoms with van der Waals surface area (Å²) < 4.78 is 20.6. The van der Waals surface area contributed by atoms with Gasteiger partial charge in [0, 0.05) is 16.9 Å². The number of hydrogen-bond acceptors (Lipinski definition) is 3. The van der Waals surface area contributed by atoms with Gasteiger partial charge in [0.2, 0.25) is 5.91 Å². The number of ether oxygens (including phenoxy) is 1. The van der Waals surface area contributed by atoms with Crippen molar-refractivity contribution in [2.24, 2.45) is 5.92 Å². The summed E-state index contributed by atoms with van der Waals surface area (Å²) >= 11 is 5.69. The summed E-state index contributed by atoms with van der Waals surface area (Å²) in [6.07, 6.45) is 0. The molecule has 3 aromatic rings. The maximum atomic E-state index is 14.1. The van der Waals surface area contributed by atoms with Gasteiger partial charge in [-0.2, -0.15) is 0 Å². The molecule has 0 saturated carbocycles. The fraction of sp³-hybridized carbons (Fsp3) is 0.231. The highest BCUT2D eigenvalue weighted by atomic mass is 32.1. The molecule has 1 amide bonds. The van der Waals surface area contributed by atoms with Crippen LogP contribution in [0.1, 0.15) is 29.7 Å². The second-order valence-corrected chi connectivity index (χ2v) is 9.11. The molecule has 7 heteroatoms. The summed E-state index contributed by atoms with van der Waals surface area (Å²) in [7, 11) is 0. The Bertz CT molecular complexity index is 1280. The van der Waals surface area contributed by atoms with E-state index in [-0.39, 0.29) is 5.91 Å². The number of benzene rings is 3. The first kappa shape index (κ1) is 21.4. The third-order valence-corrected chi connectivity index (χ3v) is 6.70. The van der Waals surface area contributed by atoms with Crippen LogP contribution >= 0.6 is 12.2 Å². The molecule has 3 unspecified atom stereocenters. The topological polar surface area (TPSA) is 53.6 Å². The van der Waals surface area contributed by atoms with Crippen LogP contribution in [0.25, 0.3) is 0 Å². The largest absolute Gasteiger partial charge is 0.467 e. The lowest BCUT2D eigenvalue weighted by Crippen LogP contribution is -2.72. The summed E-state index contributed by atoms with van der Waals surface area (Å²) in [5.74, 6) is -0.617. The molecular formula is C26H24FN3O2S. The number of aryl methyl sites for hydroxylation is 2. The standard InChI is InChI=1S/C26H24FN3O2S/c1-15-11-12-20(16(2)13-15)28-24(31)22-23-19-9-4-5-10-21(19)32-26(22,3)30(25(33)29-23)18-8-6-7-17(27)14-18/h4-14,22-23H,1-3H3,(H,28,31)(H,29,33). The number of rotatable bonds is 3. The fourth-order valence-corrected chi connectivity index (χ4v) is 5.31. The number of thiocarbonyl (C=S) groups is 1. The van der Waals surface area contributed by atoms with Crippen LogP contribution in [-0.2, 0) is 4.79 Å². The maximum Gasteiger partial charge on any atom is 0.236 e. The van der Waals surface area contributed by atoms with Crippen LogP contribution in [0.3, 0.4) is 0 Å². The Kier molecular flexibility index (Phi) is 5.09. The summed E-state index contributed by atoms with van der Waals surface area (Å²) in [6.45, 7) is 5.81. The molecule has 1 fully saturated rings. The van der Waals surface area contributed by atoms with Crippen molar-refractivity contribution < 1.29 is 13.9 Å². The Morgan fingerprint density at radius 2 is 1.91 bits per heavy atom. The molecule has 5 rings (SSSR count). The zero-order valence-corrected chi connectivity index (χ0v) is 19.4. The van der Waals surface area contributed by atoms with E-state index in [9.17, 15) is 9.18 Å². The zero-order valence-electron chi connectivity index (χ0n) is 18.6. The van der Waals surface area contributed by atoms with E-state index in [2.05, 4.69) is 10.6 Å². The Hall–Kier alpha value is -3.45. The van der Waals surface area contributed by atoms with Gasteiger partial charge in [0.15, 0.2) is 10.8 Å². The average molecular weight is 462 g/mol. The molecule has 1 saturated heterocycles. The van der Waals surface area contributed by atoms with Crippen molar-refractivity contribution >= 4 is 34.6 Å². The molecule has 3 aromatic carbocycles. The van der Waals surface area contributed by atoms with Gasteiger partial charge in [-0.25, -0.2) is 4.39 Å². The van der Waals surface area contributed by atoms with Gasteiger partial charge in [-0.3, -0.25) is 9.69 Å². The SMILES string of the molecule is Cc1ccc(NC(=O)C2C3NC(=S)N(c4cccc(F)c4)C2(C)Oc2ccccc23)c(C)c1. The van der Waals surface area contributed by atoms with Gasteiger partial charge < -0.3 is 15.4 Å². The summed E-state index contributed by atoms with van der Waals surface area (Å²) in [5.41, 5.74) is 3.02. The summed E-state index contributed by atoms with van der Waals surface area (Å²) in [5, 5.41) is 6.79. The lowest BCUT2D eigenvalue weighted by atomic mass is 9.78. The molecule has 0 aliphatic carbocycles. The van der Waals surface area contributed by atoms with E-state index in [0.717, 1.165) is 22.4 Å². The highest BCUT2D eigenvalue weighted by molar-refractivity contribution is 7.80. The van der Waals surface area contributed by atoms with Gasteiger partial charge >= 0.3 is 0 Å². The number of hydrogen-bond donors (Lipinski definition) is 2. The summed E-state index contributed by atoms with van der Waals surface area (Å²) in [6, 6.07) is 19.2. The lowest BCUT2D eigenvalue weighted by molar-refractivity contribution is -0.130. The highest BCUT2D eigenvalue weighted by Crippen LogP contribution is 2.49. The van der Waals surface area contributed by atoms with Crippen LogP contribution in [0.15, 0.2) is 66.7 Å². The monoisotopic (exact) mass is 461 g/mol.